The van der Waals surface area contributed by atoms with E-state index in [1.807, 2.05) is 6.08 Å². The van der Waals surface area contributed by atoms with Crippen LogP contribution in [0.3, 0.4) is 0 Å². The lowest BCUT2D eigenvalue weighted by molar-refractivity contribution is -0.302. The predicted molar refractivity (Wildman–Crippen MR) is 320 cm³/mol. The summed E-state index contributed by atoms with van der Waals surface area (Å²) in [5.74, 6) is -0.192. The highest BCUT2D eigenvalue weighted by atomic mass is 16.7. The van der Waals surface area contributed by atoms with Crippen LogP contribution in [0.5, 0.6) is 0 Å². The molecular formula is C66H123NO10. The van der Waals surface area contributed by atoms with Crippen LogP contribution in [-0.4, -0.2) is 100 Å². The molecule has 1 aliphatic heterocycles. The molecule has 1 rings (SSSR count). The first-order valence-corrected chi connectivity index (χ1v) is 32.8. The molecule has 1 fully saturated rings. The van der Waals surface area contributed by atoms with Crippen LogP contribution in [0.2, 0.25) is 0 Å². The van der Waals surface area contributed by atoms with E-state index < -0.39 is 49.5 Å². The summed E-state index contributed by atoms with van der Waals surface area (Å²) in [6.07, 6.45) is 59.8. The van der Waals surface area contributed by atoms with E-state index in [2.05, 4.69) is 43.5 Å². The van der Waals surface area contributed by atoms with Crippen molar-refractivity contribution in [2.75, 3.05) is 19.8 Å². The molecule has 77 heavy (non-hydrogen) atoms. The van der Waals surface area contributed by atoms with Crippen molar-refractivity contribution in [2.24, 2.45) is 0 Å². The molecule has 7 atom stereocenters. The second-order valence-corrected chi connectivity index (χ2v) is 22.8. The summed E-state index contributed by atoms with van der Waals surface area (Å²) < 4.78 is 16.7. The second kappa shape index (κ2) is 55.8. The molecule has 7 unspecified atom stereocenters. The highest BCUT2D eigenvalue weighted by Crippen LogP contribution is 2.23. The molecule has 1 aliphatic rings. The van der Waals surface area contributed by atoms with Crippen molar-refractivity contribution < 1.29 is 49.3 Å². The van der Waals surface area contributed by atoms with Gasteiger partial charge in [0.05, 0.1) is 32.0 Å². The van der Waals surface area contributed by atoms with Crippen molar-refractivity contribution in [1.29, 1.82) is 0 Å². The molecule has 0 aromatic heterocycles. The number of allylic oxidation sites excluding steroid dienone is 5. The molecule has 1 saturated heterocycles. The highest BCUT2D eigenvalue weighted by molar-refractivity contribution is 5.76. The Balaban J connectivity index is 1.96. The standard InChI is InChI=1S/C66H123NO10/c1-3-5-7-9-11-13-14-15-27-31-34-38-42-46-50-54-62(71)75-55-51-47-43-39-35-32-29-26-24-22-20-18-16-17-19-21-23-25-28-30-33-37-41-45-49-53-61(70)67-58(59(69)52-48-44-40-36-12-10-8-6-4-2)57-76-66-65(74)64(73)63(72)60(56-68)77-66/h15,17,19,27,48,52,58-60,63-66,68-69,72-74H,3-14,16,18,20-26,28-47,49-51,53-57H2,1-2H3,(H,67,70)/b19-17-,27-15-,52-48+. The maximum absolute atomic E-state index is 13.0. The largest absolute Gasteiger partial charge is 0.466 e. The van der Waals surface area contributed by atoms with Crippen molar-refractivity contribution >= 4 is 11.9 Å². The third-order valence-corrected chi connectivity index (χ3v) is 15.5. The number of esters is 1. The smallest absolute Gasteiger partial charge is 0.305 e. The fraction of sp³-hybridized carbons (Fsp3) is 0.879. The number of carbonyl (C=O) groups is 2. The quantitative estimate of drug-likeness (QED) is 0.0195. The van der Waals surface area contributed by atoms with Gasteiger partial charge in [0.2, 0.25) is 5.91 Å². The third kappa shape index (κ3) is 45.2. The van der Waals surface area contributed by atoms with E-state index in [4.69, 9.17) is 14.2 Å². The van der Waals surface area contributed by atoms with Gasteiger partial charge in [-0.25, -0.2) is 0 Å². The van der Waals surface area contributed by atoms with Gasteiger partial charge < -0.3 is 45.1 Å². The molecule has 0 bridgehead atoms. The topological polar surface area (TPSA) is 175 Å². The normalized spacial score (nSPS) is 18.8. The summed E-state index contributed by atoms with van der Waals surface area (Å²) in [5, 5.41) is 54.2. The van der Waals surface area contributed by atoms with E-state index in [1.54, 1.807) is 6.08 Å². The number of rotatable bonds is 57. The van der Waals surface area contributed by atoms with Crippen LogP contribution in [0.1, 0.15) is 309 Å². The van der Waals surface area contributed by atoms with E-state index in [0.717, 1.165) is 57.8 Å². The Labute approximate surface area is 473 Å². The van der Waals surface area contributed by atoms with Crippen LogP contribution < -0.4 is 5.32 Å². The lowest BCUT2D eigenvalue weighted by Crippen LogP contribution is -2.60. The minimum atomic E-state index is -1.57. The van der Waals surface area contributed by atoms with Gasteiger partial charge in [-0.05, 0) is 83.5 Å². The number of aliphatic hydroxyl groups is 5. The van der Waals surface area contributed by atoms with Crippen molar-refractivity contribution in [3.05, 3.63) is 36.5 Å². The minimum Gasteiger partial charge on any atom is -0.466 e. The Morgan fingerprint density at radius 3 is 1.25 bits per heavy atom. The predicted octanol–water partition coefficient (Wildman–Crippen LogP) is 15.8. The van der Waals surface area contributed by atoms with Crippen LogP contribution in [0, 0.1) is 0 Å². The van der Waals surface area contributed by atoms with Crippen LogP contribution in [0.4, 0.5) is 0 Å². The number of hydrogen-bond donors (Lipinski definition) is 6. The first-order chi connectivity index (χ1) is 37.7. The van der Waals surface area contributed by atoms with Gasteiger partial charge in [-0.15, -0.1) is 0 Å². The fourth-order valence-corrected chi connectivity index (χ4v) is 10.2. The molecule has 0 spiro atoms. The Bertz CT molecular complexity index is 1370. The van der Waals surface area contributed by atoms with E-state index in [0.29, 0.717) is 19.4 Å². The average molecular weight is 1090 g/mol. The zero-order chi connectivity index (χ0) is 55.9. The lowest BCUT2D eigenvalue weighted by atomic mass is 9.99. The van der Waals surface area contributed by atoms with Crippen LogP contribution in [0.15, 0.2) is 36.5 Å². The van der Waals surface area contributed by atoms with Gasteiger partial charge in [0.15, 0.2) is 6.29 Å². The minimum absolute atomic E-state index is 0.00509. The number of carbonyl (C=O) groups excluding carboxylic acids is 2. The molecule has 0 saturated carbocycles. The van der Waals surface area contributed by atoms with Gasteiger partial charge in [-0.1, -0.05) is 249 Å². The zero-order valence-electron chi connectivity index (χ0n) is 49.9. The van der Waals surface area contributed by atoms with Gasteiger partial charge in [0, 0.05) is 12.8 Å². The summed E-state index contributed by atoms with van der Waals surface area (Å²) in [6.45, 7) is 4.32. The number of ether oxygens (including phenoxy) is 3. The summed E-state index contributed by atoms with van der Waals surface area (Å²) in [6, 6.07) is -0.811. The Morgan fingerprint density at radius 1 is 0.468 bits per heavy atom. The van der Waals surface area contributed by atoms with Crippen LogP contribution >= 0.6 is 0 Å². The molecular weight excluding hydrogens is 967 g/mol. The maximum Gasteiger partial charge on any atom is 0.305 e. The maximum atomic E-state index is 13.0. The Kier molecular flexibility index (Phi) is 52.8. The van der Waals surface area contributed by atoms with Crippen molar-refractivity contribution in [3.8, 4) is 0 Å². The summed E-state index contributed by atoms with van der Waals surface area (Å²) in [5.41, 5.74) is 0. The van der Waals surface area contributed by atoms with Gasteiger partial charge in [-0.3, -0.25) is 9.59 Å². The number of hydrogen-bond acceptors (Lipinski definition) is 10. The van der Waals surface area contributed by atoms with Crippen LogP contribution in [-0.2, 0) is 23.8 Å². The molecule has 0 aromatic carbocycles. The average Bonchev–Trinajstić information content (AvgIpc) is 3.43. The van der Waals surface area contributed by atoms with Gasteiger partial charge in [-0.2, -0.15) is 0 Å². The van der Waals surface area contributed by atoms with E-state index in [9.17, 15) is 35.1 Å². The summed E-state index contributed by atoms with van der Waals surface area (Å²) in [7, 11) is 0. The number of aliphatic hydroxyl groups excluding tert-OH is 5. The molecule has 1 amide bonds. The molecule has 452 valence electrons. The summed E-state index contributed by atoms with van der Waals surface area (Å²) in [4.78, 5) is 25.1. The summed E-state index contributed by atoms with van der Waals surface area (Å²) >= 11 is 0. The number of unbranched alkanes of at least 4 members (excludes halogenated alkanes) is 39. The SMILES string of the molecule is CCCCCCCC/C=C\CCCCCCCC(=O)OCCCCCCCCCCCCCC/C=C\CCCCCCCCCCCC(=O)NC(COC1OC(CO)C(O)C(O)C1O)C(O)/C=C/CCCCCCCCC. The molecule has 11 heteroatoms. The first-order valence-electron chi connectivity index (χ1n) is 32.8. The Hall–Kier alpha value is -2.12. The second-order valence-electron chi connectivity index (χ2n) is 22.8. The Morgan fingerprint density at radius 2 is 0.831 bits per heavy atom. The molecule has 6 N–H and O–H groups in total. The van der Waals surface area contributed by atoms with Gasteiger partial charge >= 0.3 is 5.97 Å². The monoisotopic (exact) mass is 1090 g/mol. The zero-order valence-corrected chi connectivity index (χ0v) is 49.9. The van der Waals surface area contributed by atoms with Gasteiger partial charge in [0.25, 0.3) is 0 Å². The number of amides is 1. The van der Waals surface area contributed by atoms with Crippen LogP contribution in [0.25, 0.3) is 0 Å². The molecule has 0 aromatic rings. The van der Waals surface area contributed by atoms with Crippen molar-refractivity contribution in [1.82, 2.24) is 5.32 Å². The van der Waals surface area contributed by atoms with Gasteiger partial charge in [0.1, 0.15) is 24.4 Å². The van der Waals surface area contributed by atoms with Crippen molar-refractivity contribution in [2.45, 2.75) is 352 Å². The molecule has 11 nitrogen and oxygen atoms in total. The highest BCUT2D eigenvalue weighted by Gasteiger charge is 2.44. The number of nitrogens with one attached hydrogen (secondary N) is 1. The third-order valence-electron chi connectivity index (χ3n) is 15.5. The fourth-order valence-electron chi connectivity index (χ4n) is 10.2. The van der Waals surface area contributed by atoms with E-state index in [1.165, 1.54) is 225 Å². The molecule has 0 radical (unpaired) electrons. The van der Waals surface area contributed by atoms with Crippen molar-refractivity contribution in [3.63, 3.8) is 0 Å². The van der Waals surface area contributed by atoms with E-state index in [-0.39, 0.29) is 18.5 Å². The first kappa shape index (κ1) is 72.9. The molecule has 1 heterocycles. The van der Waals surface area contributed by atoms with E-state index >= 15 is 0 Å². The lowest BCUT2D eigenvalue weighted by Gasteiger charge is -2.40. The molecule has 0 aliphatic carbocycles.